The highest BCUT2D eigenvalue weighted by Crippen LogP contribution is 2.87. The minimum absolute atomic E-state index is 0.0943. The van der Waals surface area contributed by atoms with Crippen molar-refractivity contribution in [2.75, 3.05) is 20.1 Å². The number of nitrogens with one attached hydrogen (secondary N) is 1. The number of ether oxygens (including phenoxy) is 3. The van der Waals surface area contributed by atoms with Gasteiger partial charge >= 0.3 is 12.2 Å². The molecule has 2 aliphatic heterocycles. The summed E-state index contributed by atoms with van der Waals surface area (Å²) in [5.41, 5.74) is 7.00. The Morgan fingerprint density at radius 3 is 2.36 bits per heavy atom. The minimum atomic E-state index is -0.765. The zero-order valence-corrected chi connectivity index (χ0v) is 28.1. The molecule has 0 aromatic rings. The van der Waals surface area contributed by atoms with Gasteiger partial charge in [0.1, 0.15) is 12.2 Å². The topological polar surface area (TPSA) is 123 Å². The van der Waals surface area contributed by atoms with Crippen LogP contribution in [0.5, 0.6) is 0 Å². The molecule has 5 saturated carbocycles. The Hall–Kier alpha value is -1.58. The van der Waals surface area contributed by atoms with Gasteiger partial charge in [-0.25, -0.2) is 9.59 Å². The van der Waals surface area contributed by atoms with E-state index in [-0.39, 0.29) is 76.0 Å². The van der Waals surface area contributed by atoms with E-state index in [1.807, 2.05) is 0 Å². The van der Waals surface area contributed by atoms with Crippen molar-refractivity contribution in [1.82, 2.24) is 10.2 Å². The summed E-state index contributed by atoms with van der Waals surface area (Å²) in [6, 6.07) is 0. The van der Waals surface area contributed by atoms with E-state index < -0.39 is 11.6 Å². The van der Waals surface area contributed by atoms with E-state index in [0.29, 0.717) is 11.8 Å². The first-order valence-corrected chi connectivity index (χ1v) is 17.6. The van der Waals surface area contributed by atoms with Crippen LogP contribution >= 0.6 is 0 Å². The van der Waals surface area contributed by atoms with E-state index in [4.69, 9.17) is 19.9 Å². The summed E-state index contributed by atoms with van der Waals surface area (Å²) in [5, 5.41) is 15.1. The Morgan fingerprint density at radius 2 is 1.73 bits per heavy atom. The number of nitrogens with two attached hydrogens (primary N) is 1. The third-order valence-corrected chi connectivity index (χ3v) is 15.1. The van der Waals surface area contributed by atoms with Gasteiger partial charge in [0, 0.05) is 25.6 Å². The standard InChI is InChI=1S/C35H57N3O6/c1-19(2)26(44-30(41)38-15-8-16-38)21-17-20(3)25-27(42-21)28(39)35(36)23-10-9-22-31(4,5)24(43-29(40)37-7)11-12-33(22)18-34(23,33)14-13-32(25,35)6/h19-28,39H,8-18,36H2,1-7H3,(H,37,40)/t20-,21+,22+,23?,24?,25+,26?,27?,28+,32?,33?,34?,35+/m1/s1. The van der Waals surface area contributed by atoms with Crippen LogP contribution in [0.25, 0.3) is 0 Å². The quantitative estimate of drug-likeness (QED) is 0.403. The first kappa shape index (κ1) is 31.0. The first-order chi connectivity index (χ1) is 20.7. The van der Waals surface area contributed by atoms with Crippen LogP contribution in [0.4, 0.5) is 9.59 Å². The van der Waals surface area contributed by atoms with Gasteiger partial charge in [0.15, 0.2) is 0 Å². The maximum absolute atomic E-state index is 12.9. The summed E-state index contributed by atoms with van der Waals surface area (Å²) in [6.45, 7) is 15.0. The van der Waals surface area contributed by atoms with E-state index in [1.54, 1.807) is 11.9 Å². The smallest absolute Gasteiger partial charge is 0.410 e. The summed E-state index contributed by atoms with van der Waals surface area (Å²) in [7, 11) is 1.63. The van der Waals surface area contributed by atoms with E-state index in [2.05, 4.69) is 46.9 Å². The molecule has 0 aromatic heterocycles. The molecule has 5 aliphatic carbocycles. The normalized spacial score (nSPS) is 50.5. The van der Waals surface area contributed by atoms with Crippen LogP contribution in [0.2, 0.25) is 0 Å². The number of nitrogens with zero attached hydrogens (tertiary/aromatic N) is 1. The van der Waals surface area contributed by atoms with Crippen molar-refractivity contribution < 1.29 is 28.9 Å². The largest absolute Gasteiger partial charge is 0.446 e. The minimum Gasteiger partial charge on any atom is -0.446 e. The van der Waals surface area contributed by atoms with Crippen LogP contribution in [-0.2, 0) is 14.2 Å². The molecule has 7 fully saturated rings. The number of fused-ring (bicyclic) bond motifs is 4. The lowest BCUT2D eigenvalue weighted by Crippen LogP contribution is -2.70. The van der Waals surface area contributed by atoms with Gasteiger partial charge in [-0.1, -0.05) is 41.5 Å². The third-order valence-electron chi connectivity index (χ3n) is 15.1. The summed E-state index contributed by atoms with van der Waals surface area (Å²) < 4.78 is 18.9. The van der Waals surface area contributed by atoms with Gasteiger partial charge in [-0.2, -0.15) is 0 Å². The third kappa shape index (κ3) is 3.81. The number of alkyl carbamates (subject to hydrolysis) is 1. The van der Waals surface area contributed by atoms with Gasteiger partial charge < -0.3 is 35.3 Å². The number of amides is 2. The summed E-state index contributed by atoms with van der Waals surface area (Å²) in [4.78, 5) is 26.8. The molecule has 9 heteroatoms. The Labute approximate surface area is 263 Å². The first-order valence-electron chi connectivity index (χ1n) is 17.6. The number of hydrogen-bond donors (Lipinski definition) is 3. The molecular weight excluding hydrogens is 558 g/mol. The van der Waals surface area contributed by atoms with E-state index in [9.17, 15) is 14.7 Å². The summed E-state index contributed by atoms with van der Waals surface area (Å²) in [6.07, 6.45) is 6.70. The van der Waals surface area contributed by atoms with Gasteiger partial charge in [-0.05, 0) is 104 Å². The maximum Gasteiger partial charge on any atom is 0.410 e. The lowest BCUT2D eigenvalue weighted by atomic mass is 9.43. The van der Waals surface area contributed by atoms with Gasteiger partial charge in [0.25, 0.3) is 0 Å². The van der Waals surface area contributed by atoms with E-state index >= 15 is 0 Å². The zero-order valence-electron chi connectivity index (χ0n) is 28.1. The van der Waals surface area contributed by atoms with Crippen LogP contribution in [-0.4, -0.2) is 78.4 Å². The molecule has 0 aromatic carbocycles. The fourth-order valence-corrected chi connectivity index (χ4v) is 12.9. The van der Waals surface area contributed by atoms with Crippen molar-refractivity contribution >= 4 is 12.2 Å². The lowest BCUT2D eigenvalue weighted by Gasteiger charge is -2.63. The predicted molar refractivity (Wildman–Crippen MR) is 166 cm³/mol. The van der Waals surface area contributed by atoms with Crippen LogP contribution < -0.4 is 11.1 Å². The van der Waals surface area contributed by atoms with Crippen LogP contribution in [0.15, 0.2) is 0 Å². The molecular formula is C35H57N3O6. The van der Waals surface area contributed by atoms with Gasteiger partial charge in [0.05, 0.1) is 23.9 Å². The second-order valence-corrected chi connectivity index (χ2v) is 17.3. The highest BCUT2D eigenvalue weighted by molar-refractivity contribution is 5.68. The highest BCUT2D eigenvalue weighted by Gasteiger charge is 2.85. The van der Waals surface area contributed by atoms with E-state index in [0.717, 1.165) is 64.5 Å². The van der Waals surface area contributed by atoms with Crippen molar-refractivity contribution in [3.8, 4) is 0 Å². The Kier molecular flexibility index (Phi) is 7.03. The van der Waals surface area contributed by atoms with Gasteiger partial charge in [-0.3, -0.25) is 0 Å². The number of rotatable bonds is 4. The Morgan fingerprint density at radius 1 is 1.05 bits per heavy atom. The molecule has 7 rings (SSSR count). The van der Waals surface area contributed by atoms with Gasteiger partial charge in [0.2, 0.25) is 0 Å². The molecule has 4 N–H and O–H groups in total. The molecule has 9 nitrogen and oxygen atoms in total. The average Bonchev–Trinajstić information content (AvgIpc) is 3.56. The van der Waals surface area contributed by atoms with Crippen molar-refractivity contribution in [2.24, 2.45) is 57.0 Å². The maximum atomic E-state index is 12.9. The molecule has 2 spiro atoms. The molecule has 7 aliphatic rings. The number of carbonyl (C=O) groups is 2. The highest BCUT2D eigenvalue weighted by atomic mass is 16.6. The van der Waals surface area contributed by atoms with Gasteiger partial charge in [-0.15, -0.1) is 0 Å². The molecule has 13 atom stereocenters. The molecule has 248 valence electrons. The molecule has 0 bridgehead atoms. The SMILES string of the molecule is CNC(=O)OC1CCC23CC24CCC2(C)[C@@H]5C(O[C@H](C(OC(=O)N6CCC6)C(C)C)C[C@H]5C)[C@H](O)[C@@]2(N)C4CC[C@H]3C1(C)C. The fourth-order valence-electron chi connectivity index (χ4n) is 12.9. The molecule has 44 heavy (non-hydrogen) atoms. The van der Waals surface area contributed by atoms with Crippen LogP contribution in [0, 0.1) is 51.2 Å². The Bertz CT molecular complexity index is 1190. The Balaban J connectivity index is 1.15. The summed E-state index contributed by atoms with van der Waals surface area (Å²) in [5.74, 6) is 1.26. The second-order valence-electron chi connectivity index (χ2n) is 17.3. The summed E-state index contributed by atoms with van der Waals surface area (Å²) >= 11 is 0. The number of aliphatic hydroxyl groups excluding tert-OH is 1. The molecule has 2 heterocycles. The second kappa shape index (κ2) is 9.96. The number of hydrogen-bond acceptors (Lipinski definition) is 7. The van der Waals surface area contributed by atoms with Crippen molar-refractivity contribution in [2.45, 2.75) is 135 Å². The molecule has 2 amide bonds. The zero-order chi connectivity index (χ0) is 31.6. The van der Waals surface area contributed by atoms with E-state index in [1.165, 1.54) is 6.42 Å². The molecule has 0 radical (unpaired) electrons. The van der Waals surface area contributed by atoms with Crippen molar-refractivity contribution in [3.63, 3.8) is 0 Å². The number of carbonyl (C=O) groups excluding carboxylic acids is 2. The van der Waals surface area contributed by atoms with Crippen LogP contribution in [0.1, 0.15) is 99.3 Å². The van der Waals surface area contributed by atoms with Crippen molar-refractivity contribution in [1.29, 1.82) is 0 Å². The molecule has 2 saturated heterocycles. The van der Waals surface area contributed by atoms with Crippen molar-refractivity contribution in [3.05, 3.63) is 0 Å². The predicted octanol–water partition coefficient (Wildman–Crippen LogP) is 5.08. The molecule has 7 unspecified atom stereocenters. The number of aliphatic hydroxyl groups is 1. The lowest BCUT2D eigenvalue weighted by molar-refractivity contribution is -0.180. The number of likely N-dealkylation sites (tertiary alicyclic amines) is 1. The monoisotopic (exact) mass is 615 g/mol. The average molecular weight is 616 g/mol. The fraction of sp³-hybridized carbons (Fsp3) is 0.943. The van der Waals surface area contributed by atoms with Crippen LogP contribution in [0.3, 0.4) is 0 Å².